The van der Waals surface area contributed by atoms with Crippen molar-refractivity contribution in [2.45, 2.75) is 25.6 Å². The first-order chi connectivity index (χ1) is 9.04. The van der Waals surface area contributed by atoms with Crippen LogP contribution in [0.1, 0.15) is 12.6 Å². The lowest BCUT2D eigenvalue weighted by Crippen LogP contribution is -2.35. The summed E-state index contributed by atoms with van der Waals surface area (Å²) in [6, 6.07) is 3.54. The van der Waals surface area contributed by atoms with Gasteiger partial charge in [-0.3, -0.25) is 0 Å². The molecule has 0 fully saturated rings. The maximum Gasteiger partial charge on any atom is 0.151 e. The minimum absolute atomic E-state index is 0.178. The van der Waals surface area contributed by atoms with E-state index in [1.165, 1.54) is 6.33 Å². The molecule has 5 N–H and O–H groups in total. The topological polar surface area (TPSA) is 117 Å². The second kappa shape index (κ2) is 5.52. The zero-order valence-electron chi connectivity index (χ0n) is 10.6. The average Bonchev–Trinajstić information content (AvgIpc) is 2.81. The van der Waals surface area contributed by atoms with Crippen LogP contribution in [-0.4, -0.2) is 48.7 Å². The van der Waals surface area contributed by atoms with Gasteiger partial charge in [-0.05, 0) is 12.1 Å². The molecule has 0 aliphatic heterocycles. The van der Waals surface area contributed by atoms with Gasteiger partial charge in [-0.15, -0.1) is 0 Å². The Bertz CT molecular complexity index is 557. The third kappa shape index (κ3) is 2.67. The maximum absolute atomic E-state index is 9.97. The summed E-state index contributed by atoms with van der Waals surface area (Å²) in [4.78, 5) is 3.88. The zero-order chi connectivity index (χ0) is 14.0. The highest BCUT2D eigenvalue weighted by atomic mass is 16.3. The Morgan fingerprint density at radius 3 is 2.79 bits per heavy atom. The second-order valence-electron chi connectivity index (χ2n) is 4.69. The number of hydrogen-bond donors (Lipinski definition) is 4. The third-order valence-corrected chi connectivity index (χ3v) is 3.24. The Labute approximate surface area is 110 Å². The Morgan fingerprint density at radius 1 is 1.37 bits per heavy atom. The van der Waals surface area contributed by atoms with E-state index in [1.54, 1.807) is 23.6 Å². The van der Waals surface area contributed by atoms with Crippen LogP contribution in [0.3, 0.4) is 0 Å². The molecule has 3 atom stereocenters. The van der Waals surface area contributed by atoms with E-state index in [0.717, 1.165) is 5.69 Å². The number of nitrogen functional groups attached to an aromatic ring is 1. The first kappa shape index (κ1) is 13.7. The van der Waals surface area contributed by atoms with Crippen LogP contribution in [0.15, 0.2) is 18.5 Å². The molecule has 19 heavy (non-hydrogen) atoms. The monoisotopic (exact) mass is 266 g/mol. The number of anilines is 1. The van der Waals surface area contributed by atoms with Crippen LogP contribution in [-0.2, 0) is 6.42 Å². The first-order valence-corrected chi connectivity index (χ1v) is 6.08. The number of aromatic nitrogens is 3. The van der Waals surface area contributed by atoms with E-state index in [2.05, 4.69) is 10.1 Å². The molecule has 0 aliphatic rings. The van der Waals surface area contributed by atoms with E-state index in [9.17, 15) is 10.2 Å². The first-order valence-electron chi connectivity index (χ1n) is 6.08. The average molecular weight is 266 g/mol. The van der Waals surface area contributed by atoms with Crippen molar-refractivity contribution in [1.29, 1.82) is 0 Å². The molecule has 2 aromatic heterocycles. The predicted molar refractivity (Wildman–Crippen MR) is 69.4 cm³/mol. The molecule has 0 saturated carbocycles. The molecule has 7 heteroatoms. The molecule has 2 aromatic rings. The lowest BCUT2D eigenvalue weighted by Gasteiger charge is -2.22. The SMILES string of the molecule is CC(CO)[C@@H](O)[C@@H](O)Cc1ccc2c(N)ncnn12. The molecule has 7 nitrogen and oxygen atoms in total. The smallest absolute Gasteiger partial charge is 0.151 e. The number of nitrogens with zero attached hydrogens (tertiary/aromatic N) is 3. The van der Waals surface area contributed by atoms with Crippen molar-refractivity contribution >= 4 is 11.3 Å². The highest BCUT2D eigenvalue weighted by Gasteiger charge is 2.23. The van der Waals surface area contributed by atoms with E-state index in [4.69, 9.17) is 10.8 Å². The molecule has 2 heterocycles. The molecule has 0 radical (unpaired) electrons. The van der Waals surface area contributed by atoms with Crippen molar-refractivity contribution in [3.8, 4) is 0 Å². The van der Waals surface area contributed by atoms with Gasteiger partial charge in [-0.25, -0.2) is 9.50 Å². The molecule has 2 rings (SSSR count). The summed E-state index contributed by atoms with van der Waals surface area (Å²) >= 11 is 0. The fourth-order valence-corrected chi connectivity index (χ4v) is 1.98. The fourth-order valence-electron chi connectivity index (χ4n) is 1.98. The Morgan fingerprint density at radius 2 is 2.11 bits per heavy atom. The van der Waals surface area contributed by atoms with Crippen LogP contribution in [0.25, 0.3) is 5.52 Å². The number of rotatable bonds is 5. The molecule has 0 saturated heterocycles. The van der Waals surface area contributed by atoms with E-state index in [0.29, 0.717) is 11.3 Å². The van der Waals surface area contributed by atoms with Gasteiger partial charge in [0, 0.05) is 24.6 Å². The second-order valence-corrected chi connectivity index (χ2v) is 4.69. The van der Waals surface area contributed by atoms with Gasteiger partial charge in [0.2, 0.25) is 0 Å². The number of aliphatic hydroxyl groups is 3. The van der Waals surface area contributed by atoms with Crippen molar-refractivity contribution < 1.29 is 15.3 Å². The van der Waals surface area contributed by atoms with E-state index in [1.807, 2.05) is 0 Å². The highest BCUT2D eigenvalue weighted by Crippen LogP contribution is 2.17. The Kier molecular flexibility index (Phi) is 3.98. The summed E-state index contributed by atoms with van der Waals surface area (Å²) in [6.45, 7) is 1.49. The molecular formula is C12H18N4O3. The summed E-state index contributed by atoms with van der Waals surface area (Å²) in [6.07, 6.45) is -0.410. The van der Waals surface area contributed by atoms with Gasteiger partial charge >= 0.3 is 0 Å². The van der Waals surface area contributed by atoms with Crippen molar-refractivity contribution in [2.75, 3.05) is 12.3 Å². The summed E-state index contributed by atoms with van der Waals surface area (Å²) in [7, 11) is 0. The van der Waals surface area contributed by atoms with Gasteiger partial charge in [-0.1, -0.05) is 6.92 Å². The molecule has 0 aliphatic carbocycles. The molecule has 1 unspecified atom stereocenters. The predicted octanol–water partition coefficient (Wildman–Crippen LogP) is -0.796. The van der Waals surface area contributed by atoms with E-state index < -0.39 is 12.2 Å². The normalized spacial score (nSPS) is 16.4. The van der Waals surface area contributed by atoms with Crippen molar-refractivity contribution in [3.05, 3.63) is 24.2 Å². The van der Waals surface area contributed by atoms with E-state index in [-0.39, 0.29) is 18.9 Å². The lowest BCUT2D eigenvalue weighted by molar-refractivity contribution is -0.0265. The van der Waals surface area contributed by atoms with Crippen LogP contribution in [0.4, 0.5) is 5.82 Å². The van der Waals surface area contributed by atoms with Gasteiger partial charge < -0.3 is 21.1 Å². The van der Waals surface area contributed by atoms with Gasteiger partial charge in [0.15, 0.2) is 5.82 Å². The van der Waals surface area contributed by atoms with Crippen LogP contribution >= 0.6 is 0 Å². The zero-order valence-corrected chi connectivity index (χ0v) is 10.6. The molecule has 0 amide bonds. The fraction of sp³-hybridized carbons (Fsp3) is 0.500. The number of nitrogens with two attached hydrogens (primary N) is 1. The highest BCUT2D eigenvalue weighted by molar-refractivity contribution is 5.65. The van der Waals surface area contributed by atoms with Gasteiger partial charge in [0.1, 0.15) is 11.8 Å². The standard InChI is InChI=1S/C12H18N4O3/c1-7(5-17)11(19)10(18)4-8-2-3-9-12(13)14-6-15-16(8)9/h2-3,6-7,10-11,17-19H,4-5H2,1H3,(H2,13,14,15)/t7?,10-,11+/m0/s1. The number of fused-ring (bicyclic) bond motifs is 1. The van der Waals surface area contributed by atoms with Gasteiger partial charge in [0.05, 0.1) is 12.2 Å². The van der Waals surface area contributed by atoms with Crippen molar-refractivity contribution in [3.63, 3.8) is 0 Å². The van der Waals surface area contributed by atoms with Crippen molar-refractivity contribution in [1.82, 2.24) is 14.6 Å². The minimum atomic E-state index is -0.991. The van der Waals surface area contributed by atoms with Crippen LogP contribution in [0.5, 0.6) is 0 Å². The summed E-state index contributed by atoms with van der Waals surface area (Å²) in [5.41, 5.74) is 7.10. The molecule has 104 valence electrons. The molecule has 0 bridgehead atoms. The summed E-state index contributed by atoms with van der Waals surface area (Å²) < 4.78 is 1.59. The number of aliphatic hydroxyl groups excluding tert-OH is 3. The quantitative estimate of drug-likeness (QED) is 0.563. The summed E-state index contributed by atoms with van der Waals surface area (Å²) in [5.74, 6) is -0.0269. The third-order valence-electron chi connectivity index (χ3n) is 3.24. The van der Waals surface area contributed by atoms with Crippen LogP contribution in [0, 0.1) is 5.92 Å². The van der Waals surface area contributed by atoms with E-state index >= 15 is 0 Å². The van der Waals surface area contributed by atoms with Gasteiger partial charge in [0.25, 0.3) is 0 Å². The van der Waals surface area contributed by atoms with Crippen LogP contribution in [0.2, 0.25) is 0 Å². The molecule has 0 aromatic carbocycles. The van der Waals surface area contributed by atoms with Crippen molar-refractivity contribution in [2.24, 2.45) is 5.92 Å². The molecule has 0 spiro atoms. The Hall–Kier alpha value is -1.70. The van der Waals surface area contributed by atoms with Gasteiger partial charge in [-0.2, -0.15) is 5.10 Å². The number of hydrogen-bond acceptors (Lipinski definition) is 6. The maximum atomic E-state index is 9.97. The van der Waals surface area contributed by atoms with Crippen LogP contribution < -0.4 is 5.73 Å². The largest absolute Gasteiger partial charge is 0.396 e. The minimum Gasteiger partial charge on any atom is -0.396 e. The molecular weight excluding hydrogens is 248 g/mol. The Balaban J connectivity index is 2.20. The lowest BCUT2D eigenvalue weighted by atomic mass is 9.98. The summed E-state index contributed by atoms with van der Waals surface area (Å²) in [5, 5.41) is 32.8.